The largest absolute Gasteiger partial charge is 0.491 e. The molecule has 6 heteroatoms. The molecule has 6 nitrogen and oxygen atoms in total. The van der Waals surface area contributed by atoms with Crippen molar-refractivity contribution in [1.29, 1.82) is 0 Å². The molecule has 2 aliphatic carbocycles. The fourth-order valence-corrected chi connectivity index (χ4v) is 3.96. The molecule has 0 aromatic rings. The minimum atomic E-state index is -0.286. The highest BCUT2D eigenvalue weighted by atomic mass is 16.6. The van der Waals surface area contributed by atoms with Crippen LogP contribution in [0.3, 0.4) is 0 Å². The van der Waals surface area contributed by atoms with Crippen molar-refractivity contribution in [1.82, 2.24) is 0 Å². The Hall–Kier alpha value is -1.95. The predicted octanol–water partition coefficient (Wildman–Crippen LogP) is 3.81. The van der Waals surface area contributed by atoms with Gasteiger partial charge in [-0.2, -0.15) is 0 Å². The first-order valence-corrected chi connectivity index (χ1v) is 8.85. The van der Waals surface area contributed by atoms with Crippen LogP contribution in [0.1, 0.15) is 47.0 Å². The zero-order valence-electron chi connectivity index (χ0n) is 15.3. The molecule has 2 heterocycles. The van der Waals surface area contributed by atoms with Gasteiger partial charge in [-0.25, -0.2) is 0 Å². The van der Waals surface area contributed by atoms with Crippen LogP contribution in [0.2, 0.25) is 0 Å². The summed E-state index contributed by atoms with van der Waals surface area (Å²) in [6, 6.07) is 0. The van der Waals surface area contributed by atoms with Crippen molar-refractivity contribution < 1.29 is 14.4 Å². The lowest BCUT2D eigenvalue weighted by Gasteiger charge is -2.39. The molecule has 0 spiro atoms. The van der Waals surface area contributed by atoms with Crippen LogP contribution >= 0.6 is 0 Å². The maximum absolute atomic E-state index is 11.6. The third-order valence-corrected chi connectivity index (χ3v) is 5.00. The fraction of sp³-hybridized carbons (Fsp3) is 0.632. The third-order valence-electron chi connectivity index (χ3n) is 5.00. The second-order valence-corrected chi connectivity index (χ2v) is 7.92. The molecule has 4 aliphatic rings. The van der Waals surface area contributed by atoms with Crippen LogP contribution in [0.4, 0.5) is 0 Å². The second kappa shape index (κ2) is 6.41. The van der Waals surface area contributed by atoms with Gasteiger partial charge in [-0.3, -0.25) is 15.1 Å². The quantitative estimate of drug-likeness (QED) is 0.431. The molecule has 25 heavy (non-hydrogen) atoms. The molecule has 1 saturated carbocycles. The lowest BCUT2D eigenvalue weighted by molar-refractivity contribution is -0.433. The van der Waals surface area contributed by atoms with E-state index < -0.39 is 0 Å². The lowest BCUT2D eigenvalue weighted by Crippen LogP contribution is -2.45. The molecule has 1 atom stereocenters. The number of nitro groups is 1. The maximum atomic E-state index is 11.6. The highest BCUT2D eigenvalue weighted by molar-refractivity contribution is 5.83. The molecule has 0 N–H and O–H groups in total. The zero-order chi connectivity index (χ0) is 18.2. The van der Waals surface area contributed by atoms with E-state index >= 15 is 0 Å². The van der Waals surface area contributed by atoms with Crippen LogP contribution in [-0.4, -0.2) is 35.0 Å². The highest BCUT2D eigenvalue weighted by Gasteiger charge is 2.59. The third kappa shape index (κ3) is 3.68. The van der Waals surface area contributed by atoms with E-state index in [0.717, 1.165) is 18.6 Å². The van der Waals surface area contributed by atoms with Crippen LogP contribution in [0, 0.1) is 16.0 Å². The molecule has 2 bridgehead atoms. The Balaban J connectivity index is 1.88. The fourth-order valence-electron chi connectivity index (χ4n) is 3.96. The smallest absolute Gasteiger partial charge is 0.258 e. The predicted molar refractivity (Wildman–Crippen MR) is 96.1 cm³/mol. The Morgan fingerprint density at radius 2 is 2.16 bits per heavy atom. The number of fused-ring (bicyclic) bond motifs is 1. The Morgan fingerprint density at radius 1 is 1.44 bits per heavy atom. The lowest BCUT2D eigenvalue weighted by atomic mass is 9.70. The average Bonchev–Trinajstić information content (AvgIpc) is 2.97. The van der Waals surface area contributed by atoms with Crippen LogP contribution in [0.25, 0.3) is 0 Å². The van der Waals surface area contributed by atoms with Crippen molar-refractivity contribution in [3.05, 3.63) is 45.4 Å². The number of ether oxygens (including phenoxy) is 2. The first-order chi connectivity index (χ1) is 11.7. The Labute approximate surface area is 148 Å². The van der Waals surface area contributed by atoms with Crippen molar-refractivity contribution in [2.75, 3.05) is 6.61 Å². The summed E-state index contributed by atoms with van der Waals surface area (Å²) >= 11 is 0. The first-order valence-electron chi connectivity index (χ1n) is 8.85. The summed E-state index contributed by atoms with van der Waals surface area (Å²) in [6.45, 7) is 8.48. The van der Waals surface area contributed by atoms with Crippen LogP contribution in [0.15, 0.2) is 40.2 Å². The molecule has 0 amide bonds. The Kier molecular flexibility index (Phi) is 4.58. The topological polar surface area (TPSA) is 74.0 Å². The zero-order valence-corrected chi connectivity index (χ0v) is 15.3. The van der Waals surface area contributed by atoms with E-state index in [0.29, 0.717) is 18.6 Å². The van der Waals surface area contributed by atoms with Gasteiger partial charge in [-0.15, -0.1) is 0 Å². The van der Waals surface area contributed by atoms with Gasteiger partial charge in [0.05, 0.1) is 40.3 Å². The maximum Gasteiger partial charge on any atom is 0.258 e. The number of rotatable bonds is 5. The molecule has 0 unspecified atom stereocenters. The molecule has 2 aliphatic heterocycles. The van der Waals surface area contributed by atoms with Gasteiger partial charge in [0.15, 0.2) is 0 Å². The van der Waals surface area contributed by atoms with E-state index in [-0.39, 0.29) is 33.8 Å². The molecule has 0 radical (unpaired) electrons. The summed E-state index contributed by atoms with van der Waals surface area (Å²) in [7, 11) is 0. The number of hydrogen-bond donors (Lipinski definition) is 0. The molecule has 4 rings (SSSR count). The van der Waals surface area contributed by atoms with Gasteiger partial charge in [0, 0.05) is 19.1 Å². The van der Waals surface area contributed by atoms with E-state index in [1.54, 1.807) is 18.4 Å². The van der Waals surface area contributed by atoms with Gasteiger partial charge in [0.1, 0.15) is 5.76 Å². The van der Waals surface area contributed by atoms with Crippen molar-refractivity contribution in [3.63, 3.8) is 0 Å². The summed E-state index contributed by atoms with van der Waals surface area (Å²) < 4.78 is 11.5. The van der Waals surface area contributed by atoms with Crippen molar-refractivity contribution in [2.45, 2.75) is 64.2 Å². The molecule has 0 aromatic carbocycles. The van der Waals surface area contributed by atoms with E-state index in [9.17, 15) is 10.1 Å². The monoisotopic (exact) mass is 346 g/mol. The molecular formula is C19H26N2O4. The summed E-state index contributed by atoms with van der Waals surface area (Å²) in [4.78, 5) is 16.0. The summed E-state index contributed by atoms with van der Waals surface area (Å²) in [6.07, 6.45) is 9.52. The number of nitrogens with zero attached hydrogens (tertiary/aromatic N) is 2. The normalized spacial score (nSPS) is 38.1. The van der Waals surface area contributed by atoms with Gasteiger partial charge in [0.25, 0.3) is 5.70 Å². The Morgan fingerprint density at radius 3 is 2.72 bits per heavy atom. The number of aliphatic imine (C=N–C) groups is 1. The summed E-state index contributed by atoms with van der Waals surface area (Å²) in [5, 5.41) is 11.6. The van der Waals surface area contributed by atoms with E-state index in [1.165, 1.54) is 0 Å². The van der Waals surface area contributed by atoms with Crippen LogP contribution in [0.5, 0.6) is 0 Å². The number of allylic oxidation sites excluding steroid dienone is 5. The van der Waals surface area contributed by atoms with E-state index in [2.05, 4.69) is 6.92 Å². The SMILES string of the molecule is CC(C)OC1=C\C[C@@H](C)C([N+](=O)[O-])=C(/C=N/C23COC(C)(C2)C3)/C=C\1. The molecular weight excluding hydrogens is 320 g/mol. The number of hydrogen-bond acceptors (Lipinski definition) is 5. The van der Waals surface area contributed by atoms with Gasteiger partial charge in [-0.05, 0) is 45.4 Å². The standard InChI is InChI=1S/C19H26N2O4/c1-13(2)25-16-7-5-14(3)17(21(22)23)15(6-8-16)9-20-19-10-18(4,11-19)24-12-19/h6-9,13-14H,5,10-12H2,1-4H3/b8-6-,16-7-,17-15?,20-9+/t14-,18?,19?/m1/s1. The molecule has 2 saturated heterocycles. The van der Waals surface area contributed by atoms with Gasteiger partial charge >= 0.3 is 0 Å². The van der Waals surface area contributed by atoms with Gasteiger partial charge in [-0.1, -0.05) is 6.92 Å². The van der Waals surface area contributed by atoms with E-state index in [4.69, 9.17) is 14.5 Å². The van der Waals surface area contributed by atoms with Crippen molar-refractivity contribution in [2.24, 2.45) is 10.9 Å². The summed E-state index contributed by atoms with van der Waals surface area (Å²) in [5.74, 6) is 0.532. The second-order valence-electron chi connectivity index (χ2n) is 7.92. The molecule has 136 valence electrons. The van der Waals surface area contributed by atoms with E-state index in [1.807, 2.05) is 26.8 Å². The molecule has 0 aromatic heterocycles. The highest BCUT2D eigenvalue weighted by Crippen LogP contribution is 2.53. The summed E-state index contributed by atoms with van der Waals surface area (Å²) in [5.41, 5.74) is 0.501. The Bertz CT molecular complexity index is 682. The average molecular weight is 346 g/mol. The van der Waals surface area contributed by atoms with Crippen LogP contribution < -0.4 is 0 Å². The van der Waals surface area contributed by atoms with Gasteiger partial charge in [0.2, 0.25) is 0 Å². The minimum absolute atomic E-state index is 0.0528. The van der Waals surface area contributed by atoms with Gasteiger partial charge < -0.3 is 9.47 Å². The molecule has 3 fully saturated rings. The first kappa shape index (κ1) is 17.9. The van der Waals surface area contributed by atoms with Crippen molar-refractivity contribution in [3.8, 4) is 0 Å². The minimum Gasteiger partial charge on any atom is -0.491 e. The van der Waals surface area contributed by atoms with Crippen molar-refractivity contribution >= 4 is 6.21 Å². The van der Waals surface area contributed by atoms with Crippen LogP contribution in [-0.2, 0) is 9.47 Å².